The number of amides is 1. The molecule has 1 unspecified atom stereocenters. The van der Waals surface area contributed by atoms with Crippen molar-refractivity contribution in [2.75, 3.05) is 6.54 Å². The van der Waals surface area contributed by atoms with E-state index >= 15 is 0 Å². The normalized spacial score (nSPS) is 20.1. The summed E-state index contributed by atoms with van der Waals surface area (Å²) in [5, 5.41) is 2.79. The first-order chi connectivity index (χ1) is 10.3. The Morgan fingerprint density at radius 2 is 1.86 bits per heavy atom. The largest absolute Gasteiger partial charge is 0.350 e. The molecule has 0 bridgehead atoms. The number of benzene rings is 1. The van der Waals surface area contributed by atoms with Crippen LogP contribution in [0.15, 0.2) is 29.2 Å². The van der Waals surface area contributed by atoms with Crippen molar-refractivity contribution in [3.63, 3.8) is 0 Å². The van der Waals surface area contributed by atoms with Gasteiger partial charge in [-0.15, -0.1) is 0 Å². The van der Waals surface area contributed by atoms with Crippen molar-refractivity contribution in [1.29, 1.82) is 0 Å². The van der Waals surface area contributed by atoms with Crippen molar-refractivity contribution >= 4 is 15.9 Å². The molecule has 5 nitrogen and oxygen atoms in total. The Bertz CT molecular complexity index is 623. The van der Waals surface area contributed by atoms with Gasteiger partial charge in [-0.2, -0.15) is 4.31 Å². The minimum Gasteiger partial charge on any atom is -0.350 e. The molecule has 1 aromatic rings. The molecule has 122 valence electrons. The second kappa shape index (κ2) is 6.79. The first-order valence-electron chi connectivity index (χ1n) is 7.75. The van der Waals surface area contributed by atoms with Crippen LogP contribution < -0.4 is 5.32 Å². The molecule has 0 aromatic heterocycles. The molecular formula is C16H24N2O3S. The van der Waals surface area contributed by atoms with Crippen molar-refractivity contribution in [3.8, 4) is 0 Å². The molecule has 0 spiro atoms. The van der Waals surface area contributed by atoms with Crippen molar-refractivity contribution in [1.82, 2.24) is 9.62 Å². The molecule has 2 rings (SSSR count). The Balaban J connectivity index is 2.20. The van der Waals surface area contributed by atoms with Gasteiger partial charge in [0.1, 0.15) is 0 Å². The van der Waals surface area contributed by atoms with Crippen molar-refractivity contribution in [3.05, 3.63) is 29.8 Å². The lowest BCUT2D eigenvalue weighted by molar-refractivity contribution is 0.0943. The van der Waals surface area contributed by atoms with Crippen LogP contribution >= 0.6 is 0 Å². The van der Waals surface area contributed by atoms with Crippen LogP contribution in [0.3, 0.4) is 0 Å². The van der Waals surface area contributed by atoms with E-state index in [1.54, 1.807) is 16.4 Å². The average Bonchev–Trinajstić information content (AvgIpc) is 2.47. The van der Waals surface area contributed by atoms with Crippen molar-refractivity contribution in [2.24, 2.45) is 0 Å². The SMILES string of the molecule is CC(C)NC(=O)c1ccc(S(=O)(=O)N2CCCCC2C)cc1. The predicted octanol–water partition coefficient (Wildman–Crippen LogP) is 2.39. The number of hydrogen-bond donors (Lipinski definition) is 1. The topological polar surface area (TPSA) is 66.5 Å². The van der Waals surface area contributed by atoms with Crippen LogP contribution in [0.4, 0.5) is 0 Å². The van der Waals surface area contributed by atoms with Gasteiger partial charge in [-0.3, -0.25) is 4.79 Å². The van der Waals surface area contributed by atoms with Crippen LogP contribution in [0.5, 0.6) is 0 Å². The zero-order chi connectivity index (χ0) is 16.3. The van der Waals surface area contributed by atoms with Gasteiger partial charge in [0.15, 0.2) is 0 Å². The van der Waals surface area contributed by atoms with Gasteiger partial charge in [-0.25, -0.2) is 8.42 Å². The van der Waals surface area contributed by atoms with E-state index in [-0.39, 0.29) is 22.9 Å². The van der Waals surface area contributed by atoms with Crippen molar-refractivity contribution < 1.29 is 13.2 Å². The van der Waals surface area contributed by atoms with Crippen LogP contribution in [-0.4, -0.2) is 37.3 Å². The fraction of sp³-hybridized carbons (Fsp3) is 0.562. The van der Waals surface area contributed by atoms with Crippen LogP contribution in [0.1, 0.15) is 50.4 Å². The summed E-state index contributed by atoms with van der Waals surface area (Å²) < 4.78 is 26.9. The monoisotopic (exact) mass is 324 g/mol. The number of carbonyl (C=O) groups is 1. The number of sulfonamides is 1. The number of nitrogens with zero attached hydrogens (tertiary/aromatic N) is 1. The zero-order valence-electron chi connectivity index (χ0n) is 13.4. The van der Waals surface area contributed by atoms with Crippen molar-refractivity contribution in [2.45, 2.75) is 57.0 Å². The lowest BCUT2D eigenvalue weighted by Gasteiger charge is -2.32. The summed E-state index contributed by atoms with van der Waals surface area (Å²) in [5.74, 6) is -0.190. The summed E-state index contributed by atoms with van der Waals surface area (Å²) in [5.41, 5.74) is 0.472. The molecule has 1 N–H and O–H groups in total. The second-order valence-electron chi connectivity index (χ2n) is 6.11. The van der Waals surface area contributed by atoms with Gasteiger partial charge < -0.3 is 5.32 Å². The summed E-state index contributed by atoms with van der Waals surface area (Å²) in [4.78, 5) is 12.2. The smallest absolute Gasteiger partial charge is 0.251 e. The zero-order valence-corrected chi connectivity index (χ0v) is 14.2. The van der Waals surface area contributed by atoms with Gasteiger partial charge in [-0.05, 0) is 57.9 Å². The van der Waals surface area contributed by atoms with E-state index in [2.05, 4.69) is 5.32 Å². The van der Waals surface area contributed by atoms with Crippen LogP contribution in [-0.2, 0) is 10.0 Å². The molecular weight excluding hydrogens is 300 g/mol. The highest BCUT2D eigenvalue weighted by Crippen LogP contribution is 2.25. The van der Waals surface area contributed by atoms with Gasteiger partial charge >= 0.3 is 0 Å². The quantitative estimate of drug-likeness (QED) is 0.925. The fourth-order valence-electron chi connectivity index (χ4n) is 2.69. The van der Waals surface area contributed by atoms with Gasteiger partial charge in [0, 0.05) is 24.2 Å². The van der Waals surface area contributed by atoms with E-state index in [0.717, 1.165) is 19.3 Å². The summed E-state index contributed by atoms with van der Waals surface area (Å²) in [6, 6.07) is 6.25. The minimum absolute atomic E-state index is 0.0302. The molecule has 6 heteroatoms. The first-order valence-corrected chi connectivity index (χ1v) is 9.19. The highest BCUT2D eigenvalue weighted by molar-refractivity contribution is 7.89. The molecule has 0 aliphatic carbocycles. The number of nitrogens with one attached hydrogen (secondary N) is 1. The molecule has 1 aliphatic rings. The Kier molecular flexibility index (Phi) is 5.24. The molecule has 22 heavy (non-hydrogen) atoms. The number of carbonyl (C=O) groups excluding carboxylic acids is 1. The Morgan fingerprint density at radius 3 is 2.41 bits per heavy atom. The van der Waals surface area contributed by atoms with Crippen LogP contribution in [0, 0.1) is 0 Å². The van der Waals surface area contributed by atoms with E-state index < -0.39 is 10.0 Å². The van der Waals surface area contributed by atoms with Gasteiger partial charge in [0.2, 0.25) is 10.0 Å². The number of hydrogen-bond acceptors (Lipinski definition) is 3. The van der Waals surface area contributed by atoms with Gasteiger partial charge in [0.25, 0.3) is 5.91 Å². The molecule has 1 aliphatic heterocycles. The minimum atomic E-state index is -3.48. The van der Waals surface area contributed by atoms with Crippen LogP contribution in [0.25, 0.3) is 0 Å². The molecule has 1 heterocycles. The van der Waals surface area contributed by atoms with Gasteiger partial charge in [-0.1, -0.05) is 6.42 Å². The molecule has 0 radical (unpaired) electrons. The van der Waals surface area contributed by atoms with E-state index in [0.29, 0.717) is 12.1 Å². The molecule has 1 aromatic carbocycles. The predicted molar refractivity (Wildman–Crippen MR) is 86.2 cm³/mol. The lowest BCUT2D eigenvalue weighted by Crippen LogP contribution is -2.41. The van der Waals surface area contributed by atoms with Crippen LogP contribution in [0.2, 0.25) is 0 Å². The Hall–Kier alpha value is -1.40. The maximum atomic E-state index is 12.7. The lowest BCUT2D eigenvalue weighted by atomic mass is 10.1. The Morgan fingerprint density at radius 1 is 1.23 bits per heavy atom. The van der Waals surface area contributed by atoms with E-state index in [1.165, 1.54) is 12.1 Å². The fourth-order valence-corrected chi connectivity index (χ4v) is 4.39. The van der Waals surface area contributed by atoms with E-state index in [9.17, 15) is 13.2 Å². The summed E-state index contributed by atoms with van der Waals surface area (Å²) in [6.45, 7) is 6.28. The standard InChI is InChI=1S/C16H24N2O3S/c1-12(2)17-16(19)14-7-9-15(10-8-14)22(20,21)18-11-5-4-6-13(18)3/h7-10,12-13H,4-6,11H2,1-3H3,(H,17,19). The molecule has 0 saturated carbocycles. The number of rotatable bonds is 4. The highest BCUT2D eigenvalue weighted by atomic mass is 32.2. The van der Waals surface area contributed by atoms with Gasteiger partial charge in [0.05, 0.1) is 4.90 Å². The number of piperidine rings is 1. The highest BCUT2D eigenvalue weighted by Gasteiger charge is 2.30. The molecule has 1 amide bonds. The first kappa shape index (κ1) is 17.0. The van der Waals surface area contributed by atoms with E-state index in [4.69, 9.17) is 0 Å². The maximum Gasteiger partial charge on any atom is 0.251 e. The molecule has 1 atom stereocenters. The molecule has 1 fully saturated rings. The third-order valence-electron chi connectivity index (χ3n) is 3.88. The summed E-state index contributed by atoms with van der Waals surface area (Å²) >= 11 is 0. The third-order valence-corrected chi connectivity index (χ3v) is 5.91. The maximum absolute atomic E-state index is 12.7. The average molecular weight is 324 g/mol. The third kappa shape index (κ3) is 3.67. The molecule has 1 saturated heterocycles. The van der Waals surface area contributed by atoms with E-state index in [1.807, 2.05) is 20.8 Å². The second-order valence-corrected chi connectivity index (χ2v) is 8.00. The summed E-state index contributed by atoms with van der Waals surface area (Å²) in [6.07, 6.45) is 2.87. The summed E-state index contributed by atoms with van der Waals surface area (Å²) in [7, 11) is -3.48. The Labute approximate surface area is 132 Å².